The van der Waals surface area contributed by atoms with E-state index in [0.717, 1.165) is 33.5 Å². The van der Waals surface area contributed by atoms with Crippen molar-refractivity contribution < 1.29 is 4.74 Å². The first-order valence-electron chi connectivity index (χ1n) is 8.61. The largest absolute Gasteiger partial charge is 0.488 e. The second-order valence-electron chi connectivity index (χ2n) is 6.07. The molecule has 0 aliphatic heterocycles. The Morgan fingerprint density at radius 3 is 2.59 bits per heavy atom. The van der Waals surface area contributed by atoms with E-state index >= 15 is 0 Å². The van der Waals surface area contributed by atoms with Crippen LogP contribution in [0.15, 0.2) is 84.1 Å². The molecule has 0 atom stereocenters. The Balaban J connectivity index is 1.54. The highest BCUT2D eigenvalue weighted by molar-refractivity contribution is 6.30. The lowest BCUT2D eigenvalue weighted by molar-refractivity contribution is 0.310. The van der Waals surface area contributed by atoms with Crippen molar-refractivity contribution in [3.8, 4) is 5.75 Å². The van der Waals surface area contributed by atoms with Crippen LogP contribution >= 0.6 is 11.6 Å². The lowest BCUT2D eigenvalue weighted by Gasteiger charge is -2.08. The summed E-state index contributed by atoms with van der Waals surface area (Å²) in [5.41, 5.74) is 6.97. The molecule has 0 aliphatic rings. The summed E-state index contributed by atoms with van der Waals surface area (Å²) in [6, 6.07) is 23.5. The van der Waals surface area contributed by atoms with E-state index in [1.807, 2.05) is 66.9 Å². The maximum Gasteiger partial charge on any atom is 0.129 e. The highest BCUT2D eigenvalue weighted by Crippen LogP contribution is 2.28. The predicted molar refractivity (Wildman–Crippen MR) is 112 cm³/mol. The van der Waals surface area contributed by atoms with E-state index < -0.39 is 0 Å². The molecular formula is C22H18ClN3O. The van der Waals surface area contributed by atoms with Gasteiger partial charge in [0.25, 0.3) is 0 Å². The van der Waals surface area contributed by atoms with Crippen LogP contribution in [0.3, 0.4) is 0 Å². The van der Waals surface area contributed by atoms with Gasteiger partial charge in [0, 0.05) is 22.3 Å². The van der Waals surface area contributed by atoms with Crippen molar-refractivity contribution in [3.05, 3.63) is 95.1 Å². The molecule has 0 aliphatic carbocycles. The quantitative estimate of drug-likeness (QED) is 0.328. The molecule has 3 aromatic carbocycles. The third-order valence-corrected chi connectivity index (χ3v) is 4.43. The van der Waals surface area contributed by atoms with Crippen LogP contribution in [-0.4, -0.2) is 11.2 Å². The number of H-pyrrole nitrogens is 1. The van der Waals surface area contributed by atoms with Crippen LogP contribution in [0.2, 0.25) is 5.02 Å². The number of rotatable bonds is 6. The van der Waals surface area contributed by atoms with Gasteiger partial charge in [-0.05, 0) is 42.0 Å². The third kappa shape index (κ3) is 4.13. The average Bonchev–Trinajstić information content (AvgIpc) is 3.12. The SMILES string of the molecule is Clc1ccc(N/N=C/c2c[nH]c3cccc(OCc4ccccc4)c23)cc1. The summed E-state index contributed by atoms with van der Waals surface area (Å²) in [5.74, 6) is 0.825. The molecule has 0 spiro atoms. The first-order valence-corrected chi connectivity index (χ1v) is 8.99. The Labute approximate surface area is 162 Å². The van der Waals surface area contributed by atoms with Crippen LogP contribution in [0.25, 0.3) is 10.9 Å². The topological polar surface area (TPSA) is 49.4 Å². The van der Waals surface area contributed by atoms with E-state index in [-0.39, 0.29) is 0 Å². The van der Waals surface area contributed by atoms with Gasteiger partial charge in [0.05, 0.1) is 17.3 Å². The van der Waals surface area contributed by atoms with Crippen LogP contribution in [0.5, 0.6) is 5.75 Å². The number of halogens is 1. The molecule has 2 N–H and O–H groups in total. The van der Waals surface area contributed by atoms with E-state index in [4.69, 9.17) is 16.3 Å². The number of benzene rings is 3. The minimum absolute atomic E-state index is 0.519. The maximum absolute atomic E-state index is 6.07. The van der Waals surface area contributed by atoms with E-state index in [0.29, 0.717) is 11.6 Å². The van der Waals surface area contributed by atoms with Crippen molar-refractivity contribution >= 4 is 34.4 Å². The number of anilines is 1. The lowest BCUT2D eigenvalue weighted by atomic mass is 10.1. The summed E-state index contributed by atoms with van der Waals surface area (Å²) < 4.78 is 6.07. The van der Waals surface area contributed by atoms with Gasteiger partial charge in [-0.1, -0.05) is 48.0 Å². The molecule has 1 heterocycles. The van der Waals surface area contributed by atoms with Gasteiger partial charge in [-0.3, -0.25) is 5.43 Å². The molecule has 0 bridgehead atoms. The molecule has 0 radical (unpaired) electrons. The first-order chi connectivity index (χ1) is 13.3. The number of hydrogen-bond donors (Lipinski definition) is 2. The highest BCUT2D eigenvalue weighted by atomic mass is 35.5. The summed E-state index contributed by atoms with van der Waals surface area (Å²) >= 11 is 5.90. The zero-order valence-corrected chi connectivity index (χ0v) is 15.3. The van der Waals surface area contributed by atoms with Gasteiger partial charge in [-0.25, -0.2) is 0 Å². The zero-order chi connectivity index (χ0) is 18.5. The van der Waals surface area contributed by atoms with Crippen LogP contribution in [0.4, 0.5) is 5.69 Å². The van der Waals surface area contributed by atoms with Crippen molar-refractivity contribution in [2.75, 3.05) is 5.43 Å². The molecule has 4 aromatic rings. The second kappa shape index (κ2) is 7.98. The van der Waals surface area contributed by atoms with Crippen LogP contribution in [-0.2, 0) is 6.61 Å². The predicted octanol–water partition coefficient (Wildman–Crippen LogP) is 5.85. The minimum Gasteiger partial charge on any atom is -0.488 e. The normalized spacial score (nSPS) is 11.1. The molecule has 134 valence electrons. The highest BCUT2D eigenvalue weighted by Gasteiger charge is 2.08. The molecule has 27 heavy (non-hydrogen) atoms. The number of fused-ring (bicyclic) bond motifs is 1. The van der Waals surface area contributed by atoms with Gasteiger partial charge < -0.3 is 9.72 Å². The summed E-state index contributed by atoms with van der Waals surface area (Å²) in [5, 5.41) is 6.03. The minimum atomic E-state index is 0.519. The number of nitrogens with zero attached hydrogens (tertiary/aromatic N) is 1. The standard InChI is InChI=1S/C22H18ClN3O/c23-18-9-11-19(12-10-18)26-25-14-17-13-24-20-7-4-8-21(22(17)20)27-15-16-5-2-1-3-6-16/h1-14,24,26H,15H2/b25-14+. The zero-order valence-electron chi connectivity index (χ0n) is 14.5. The van der Waals surface area contributed by atoms with E-state index in [9.17, 15) is 0 Å². The van der Waals surface area contributed by atoms with Gasteiger partial charge in [0.2, 0.25) is 0 Å². The Hall–Kier alpha value is -3.24. The third-order valence-electron chi connectivity index (χ3n) is 4.18. The Bertz CT molecular complexity index is 1060. The fourth-order valence-electron chi connectivity index (χ4n) is 2.84. The summed E-state index contributed by atoms with van der Waals surface area (Å²) in [6.07, 6.45) is 3.70. The van der Waals surface area contributed by atoms with E-state index in [2.05, 4.69) is 27.6 Å². The van der Waals surface area contributed by atoms with Gasteiger partial charge in [-0.2, -0.15) is 5.10 Å². The summed E-state index contributed by atoms with van der Waals surface area (Å²) in [4.78, 5) is 3.27. The van der Waals surface area contributed by atoms with Crippen LogP contribution < -0.4 is 10.2 Å². The van der Waals surface area contributed by atoms with Crippen LogP contribution in [0, 0.1) is 0 Å². The average molecular weight is 376 g/mol. The first kappa shape index (κ1) is 17.2. The fourth-order valence-corrected chi connectivity index (χ4v) is 2.96. The molecule has 5 heteroatoms. The van der Waals surface area contributed by atoms with E-state index in [1.54, 1.807) is 6.21 Å². The molecule has 0 saturated heterocycles. The second-order valence-corrected chi connectivity index (χ2v) is 6.51. The molecule has 1 aromatic heterocycles. The number of aromatic amines is 1. The fraction of sp³-hybridized carbons (Fsp3) is 0.0455. The van der Waals surface area contributed by atoms with Crippen LogP contribution in [0.1, 0.15) is 11.1 Å². The van der Waals surface area contributed by atoms with Crippen molar-refractivity contribution in [1.29, 1.82) is 0 Å². The molecule has 4 nitrogen and oxygen atoms in total. The number of hydrogen-bond acceptors (Lipinski definition) is 3. The smallest absolute Gasteiger partial charge is 0.129 e. The molecule has 4 rings (SSSR count). The molecule has 0 unspecified atom stereocenters. The Morgan fingerprint density at radius 2 is 1.78 bits per heavy atom. The van der Waals surface area contributed by atoms with Gasteiger partial charge in [-0.15, -0.1) is 0 Å². The lowest BCUT2D eigenvalue weighted by Crippen LogP contribution is -1.96. The molecular weight excluding hydrogens is 358 g/mol. The van der Waals surface area contributed by atoms with Crippen molar-refractivity contribution in [2.45, 2.75) is 6.61 Å². The number of nitrogens with one attached hydrogen (secondary N) is 2. The maximum atomic E-state index is 6.07. The van der Waals surface area contributed by atoms with Gasteiger partial charge >= 0.3 is 0 Å². The summed E-state index contributed by atoms with van der Waals surface area (Å²) in [6.45, 7) is 0.519. The number of ether oxygens (including phenoxy) is 1. The molecule has 0 fully saturated rings. The molecule has 0 amide bonds. The Kier molecular flexibility index (Phi) is 5.08. The van der Waals surface area contributed by atoms with Gasteiger partial charge in [0.1, 0.15) is 12.4 Å². The Morgan fingerprint density at radius 1 is 0.963 bits per heavy atom. The monoisotopic (exact) mass is 375 g/mol. The van der Waals surface area contributed by atoms with Crippen molar-refractivity contribution in [3.63, 3.8) is 0 Å². The number of hydrazone groups is 1. The van der Waals surface area contributed by atoms with Crippen molar-refractivity contribution in [1.82, 2.24) is 4.98 Å². The van der Waals surface area contributed by atoms with Gasteiger partial charge in [0.15, 0.2) is 0 Å². The summed E-state index contributed by atoms with van der Waals surface area (Å²) in [7, 11) is 0. The van der Waals surface area contributed by atoms with E-state index in [1.165, 1.54) is 0 Å². The number of aromatic nitrogens is 1. The molecule has 0 saturated carbocycles. The van der Waals surface area contributed by atoms with Crippen molar-refractivity contribution in [2.24, 2.45) is 5.10 Å².